The zero-order valence-corrected chi connectivity index (χ0v) is 9.92. The molecule has 0 bridgehead atoms. The molecule has 0 aromatic rings. The van der Waals surface area contributed by atoms with Crippen LogP contribution < -0.4 is 5.32 Å². The summed E-state index contributed by atoms with van der Waals surface area (Å²) in [4.78, 5) is 13.4. The van der Waals surface area contributed by atoms with Gasteiger partial charge in [0.05, 0.1) is 12.5 Å². The third-order valence-corrected chi connectivity index (χ3v) is 2.35. The minimum atomic E-state index is 0.166. The van der Waals surface area contributed by atoms with Gasteiger partial charge in [0, 0.05) is 32.1 Å². The lowest BCUT2D eigenvalue weighted by Crippen LogP contribution is -2.34. The van der Waals surface area contributed by atoms with Crippen molar-refractivity contribution in [1.82, 2.24) is 10.2 Å². The summed E-state index contributed by atoms with van der Waals surface area (Å²) in [5.74, 6) is 0.177. The Hall–Kier alpha value is -1.08. The first-order valence-electron chi connectivity index (χ1n) is 5.53. The maximum atomic E-state index is 11.6. The van der Waals surface area contributed by atoms with E-state index in [0.717, 1.165) is 13.1 Å². The highest BCUT2D eigenvalue weighted by atomic mass is 16.2. The third-order valence-electron chi connectivity index (χ3n) is 2.35. The Kier molecular flexibility index (Phi) is 7.65. The van der Waals surface area contributed by atoms with Crippen molar-refractivity contribution in [3.05, 3.63) is 0 Å². The van der Waals surface area contributed by atoms with Crippen molar-refractivity contribution in [2.75, 3.05) is 19.6 Å². The summed E-state index contributed by atoms with van der Waals surface area (Å²) in [6.45, 7) is 8.09. The molecule has 15 heavy (non-hydrogen) atoms. The first-order chi connectivity index (χ1) is 7.15. The predicted molar refractivity (Wildman–Crippen MR) is 60.2 cm³/mol. The van der Waals surface area contributed by atoms with Crippen LogP contribution in [0.15, 0.2) is 0 Å². The molecule has 0 fully saturated rings. The molecule has 1 amide bonds. The summed E-state index contributed by atoms with van der Waals surface area (Å²) < 4.78 is 0. The Labute approximate surface area is 92.3 Å². The molecule has 0 aliphatic carbocycles. The van der Waals surface area contributed by atoms with Crippen LogP contribution >= 0.6 is 0 Å². The molecule has 86 valence electrons. The fraction of sp³-hybridized carbons (Fsp3) is 0.818. The normalized spacial score (nSPS) is 11.9. The van der Waals surface area contributed by atoms with E-state index in [1.165, 1.54) is 0 Å². The van der Waals surface area contributed by atoms with Crippen molar-refractivity contribution in [1.29, 1.82) is 5.26 Å². The average Bonchev–Trinajstić information content (AvgIpc) is 2.20. The Balaban J connectivity index is 3.67. The van der Waals surface area contributed by atoms with Crippen LogP contribution in [0, 0.1) is 11.3 Å². The molecule has 4 heteroatoms. The van der Waals surface area contributed by atoms with Crippen LogP contribution in [0.1, 0.15) is 33.6 Å². The van der Waals surface area contributed by atoms with E-state index in [0.29, 0.717) is 19.4 Å². The van der Waals surface area contributed by atoms with Gasteiger partial charge in [-0.2, -0.15) is 5.26 Å². The molecule has 0 spiro atoms. The van der Waals surface area contributed by atoms with Crippen molar-refractivity contribution < 1.29 is 4.79 Å². The molecule has 1 unspecified atom stereocenters. The molecular weight excluding hydrogens is 190 g/mol. The number of nitriles is 1. The lowest BCUT2D eigenvalue weighted by Gasteiger charge is -2.19. The molecule has 0 rings (SSSR count). The van der Waals surface area contributed by atoms with Gasteiger partial charge in [-0.3, -0.25) is 4.79 Å². The highest BCUT2D eigenvalue weighted by molar-refractivity contribution is 5.76. The van der Waals surface area contributed by atoms with E-state index in [-0.39, 0.29) is 11.9 Å². The van der Waals surface area contributed by atoms with Gasteiger partial charge in [0.1, 0.15) is 0 Å². The van der Waals surface area contributed by atoms with Crippen LogP contribution in [-0.4, -0.2) is 36.5 Å². The van der Waals surface area contributed by atoms with Crippen molar-refractivity contribution in [3.63, 3.8) is 0 Å². The van der Waals surface area contributed by atoms with Gasteiger partial charge in [-0.1, -0.05) is 0 Å². The minimum absolute atomic E-state index is 0.166. The van der Waals surface area contributed by atoms with E-state index in [9.17, 15) is 4.79 Å². The van der Waals surface area contributed by atoms with E-state index >= 15 is 0 Å². The van der Waals surface area contributed by atoms with Crippen molar-refractivity contribution >= 4 is 5.91 Å². The Morgan fingerprint density at radius 3 is 2.53 bits per heavy atom. The topological polar surface area (TPSA) is 56.1 Å². The number of hydrogen-bond acceptors (Lipinski definition) is 3. The number of rotatable bonds is 7. The molecule has 1 atom stereocenters. The number of carbonyl (C=O) groups excluding carboxylic acids is 1. The van der Waals surface area contributed by atoms with Crippen LogP contribution in [0.3, 0.4) is 0 Å². The van der Waals surface area contributed by atoms with Gasteiger partial charge in [0.2, 0.25) is 5.91 Å². The van der Waals surface area contributed by atoms with Crippen LogP contribution in [0.5, 0.6) is 0 Å². The molecule has 0 aliphatic heterocycles. The second kappa shape index (κ2) is 8.25. The highest BCUT2D eigenvalue weighted by Gasteiger charge is 2.09. The maximum Gasteiger partial charge on any atom is 0.223 e. The van der Waals surface area contributed by atoms with E-state index < -0.39 is 0 Å². The summed E-state index contributed by atoms with van der Waals surface area (Å²) in [6, 6.07) is 2.26. The van der Waals surface area contributed by atoms with E-state index in [4.69, 9.17) is 5.26 Å². The van der Waals surface area contributed by atoms with Crippen molar-refractivity contribution in [3.8, 4) is 6.07 Å². The lowest BCUT2D eigenvalue weighted by atomic mass is 10.2. The first kappa shape index (κ1) is 13.9. The second-order valence-electron chi connectivity index (χ2n) is 3.53. The predicted octanol–water partition coefficient (Wildman–Crippen LogP) is 1.14. The number of hydrogen-bond donors (Lipinski definition) is 1. The zero-order chi connectivity index (χ0) is 11.7. The van der Waals surface area contributed by atoms with E-state index in [1.54, 1.807) is 0 Å². The summed E-state index contributed by atoms with van der Waals surface area (Å²) in [5, 5.41) is 11.6. The highest BCUT2D eigenvalue weighted by Crippen LogP contribution is 1.94. The monoisotopic (exact) mass is 211 g/mol. The molecule has 1 N–H and O–H groups in total. The summed E-state index contributed by atoms with van der Waals surface area (Å²) >= 11 is 0. The minimum Gasteiger partial charge on any atom is -0.343 e. The standard InChI is InChI=1S/C11H21N3O/c1-4-14(5-2)11(15)7-9-13-10(3)6-8-12/h10,13H,4-7,9H2,1-3H3. The quantitative estimate of drug-likeness (QED) is 0.687. The largest absolute Gasteiger partial charge is 0.343 e. The van der Waals surface area contributed by atoms with Crippen LogP contribution in [0.4, 0.5) is 0 Å². The number of nitrogens with zero attached hydrogens (tertiary/aromatic N) is 2. The fourth-order valence-corrected chi connectivity index (χ4v) is 1.37. The molecule has 0 heterocycles. The SMILES string of the molecule is CCN(CC)C(=O)CCNC(C)CC#N. The lowest BCUT2D eigenvalue weighted by molar-refractivity contribution is -0.130. The van der Waals surface area contributed by atoms with Crippen LogP contribution in [0.25, 0.3) is 0 Å². The van der Waals surface area contributed by atoms with Gasteiger partial charge in [-0.05, 0) is 20.8 Å². The summed E-state index contributed by atoms with van der Waals surface area (Å²) in [6.07, 6.45) is 0.997. The molecule has 0 aromatic heterocycles. The average molecular weight is 211 g/mol. The molecule has 0 aromatic carbocycles. The van der Waals surface area contributed by atoms with Gasteiger partial charge >= 0.3 is 0 Å². The third kappa shape index (κ3) is 6.08. The van der Waals surface area contributed by atoms with Crippen molar-refractivity contribution in [2.24, 2.45) is 0 Å². The number of carbonyl (C=O) groups is 1. The van der Waals surface area contributed by atoms with Crippen molar-refractivity contribution in [2.45, 2.75) is 39.7 Å². The smallest absolute Gasteiger partial charge is 0.223 e. The molecule has 4 nitrogen and oxygen atoms in total. The summed E-state index contributed by atoms with van der Waals surface area (Å²) in [5.41, 5.74) is 0. The number of amides is 1. The summed E-state index contributed by atoms with van der Waals surface area (Å²) in [7, 11) is 0. The molecular formula is C11H21N3O. The Morgan fingerprint density at radius 1 is 1.47 bits per heavy atom. The van der Waals surface area contributed by atoms with Gasteiger partial charge in [0.15, 0.2) is 0 Å². The van der Waals surface area contributed by atoms with E-state index in [2.05, 4.69) is 11.4 Å². The van der Waals surface area contributed by atoms with Crippen LogP contribution in [0.2, 0.25) is 0 Å². The molecule has 0 saturated carbocycles. The van der Waals surface area contributed by atoms with Gasteiger partial charge in [-0.25, -0.2) is 0 Å². The Bertz CT molecular complexity index is 218. The first-order valence-corrected chi connectivity index (χ1v) is 5.53. The van der Waals surface area contributed by atoms with Gasteiger partial charge < -0.3 is 10.2 Å². The van der Waals surface area contributed by atoms with E-state index in [1.807, 2.05) is 25.7 Å². The fourth-order valence-electron chi connectivity index (χ4n) is 1.37. The van der Waals surface area contributed by atoms with Gasteiger partial charge in [0.25, 0.3) is 0 Å². The van der Waals surface area contributed by atoms with Gasteiger partial charge in [-0.15, -0.1) is 0 Å². The Morgan fingerprint density at radius 2 is 2.07 bits per heavy atom. The molecule has 0 radical (unpaired) electrons. The molecule has 0 aliphatic rings. The number of nitrogens with one attached hydrogen (secondary N) is 1. The molecule has 0 saturated heterocycles. The zero-order valence-electron chi connectivity index (χ0n) is 9.92. The van der Waals surface area contributed by atoms with Crippen LogP contribution in [-0.2, 0) is 4.79 Å². The second-order valence-corrected chi connectivity index (χ2v) is 3.53. The maximum absolute atomic E-state index is 11.6.